The lowest BCUT2D eigenvalue weighted by Gasteiger charge is -2.21. The van der Waals surface area contributed by atoms with Crippen molar-refractivity contribution in [3.8, 4) is 0 Å². The Balaban J connectivity index is 2.09. The van der Waals surface area contributed by atoms with Crippen molar-refractivity contribution in [3.63, 3.8) is 0 Å². The van der Waals surface area contributed by atoms with E-state index >= 15 is 0 Å². The van der Waals surface area contributed by atoms with Crippen molar-refractivity contribution in [2.75, 3.05) is 16.8 Å². The van der Waals surface area contributed by atoms with Gasteiger partial charge in [0.15, 0.2) is 0 Å². The first kappa shape index (κ1) is 14.1. The maximum atomic E-state index is 12.3. The second-order valence-electron chi connectivity index (χ2n) is 4.56. The number of nitrogens with one attached hydrogen (secondary N) is 1. The number of hydrogen-bond donors (Lipinski definition) is 1. The molecule has 3 heteroatoms. The van der Waals surface area contributed by atoms with E-state index in [0.29, 0.717) is 6.54 Å². The van der Waals surface area contributed by atoms with E-state index < -0.39 is 0 Å². The Hall–Kier alpha value is -2.29. The lowest BCUT2D eigenvalue weighted by atomic mass is 10.1. The average molecular weight is 268 g/mol. The largest absolute Gasteiger partial charge is 0.326 e. The van der Waals surface area contributed by atoms with Gasteiger partial charge in [0.05, 0.1) is 0 Å². The Labute approximate surface area is 120 Å². The van der Waals surface area contributed by atoms with Gasteiger partial charge in [0, 0.05) is 17.9 Å². The standard InChI is InChI=1S/C17H20N2O/c1-3-14-10-12-15(13-11-14)18-17(20)19(4-2)16-8-6-5-7-9-16/h5-13H,3-4H2,1-2H3,(H,18,20). The quantitative estimate of drug-likeness (QED) is 0.880. The molecule has 0 aliphatic carbocycles. The third-order valence-electron chi connectivity index (χ3n) is 3.24. The Morgan fingerprint density at radius 2 is 1.65 bits per heavy atom. The SMILES string of the molecule is CCc1ccc(NC(=O)N(CC)c2ccccc2)cc1. The summed E-state index contributed by atoms with van der Waals surface area (Å²) in [6, 6.07) is 17.5. The summed E-state index contributed by atoms with van der Waals surface area (Å²) in [5, 5.41) is 2.93. The van der Waals surface area contributed by atoms with Gasteiger partial charge < -0.3 is 5.32 Å². The van der Waals surface area contributed by atoms with Gasteiger partial charge in [-0.15, -0.1) is 0 Å². The summed E-state index contributed by atoms with van der Waals surface area (Å²) in [7, 11) is 0. The van der Waals surface area contributed by atoms with Crippen LogP contribution in [0.1, 0.15) is 19.4 Å². The lowest BCUT2D eigenvalue weighted by molar-refractivity contribution is 0.257. The van der Waals surface area contributed by atoms with Gasteiger partial charge in [-0.05, 0) is 43.2 Å². The highest BCUT2D eigenvalue weighted by Crippen LogP contribution is 2.16. The molecule has 0 saturated carbocycles. The normalized spacial score (nSPS) is 10.1. The van der Waals surface area contributed by atoms with E-state index in [0.717, 1.165) is 17.8 Å². The van der Waals surface area contributed by atoms with E-state index in [4.69, 9.17) is 0 Å². The number of anilines is 2. The first-order valence-electron chi connectivity index (χ1n) is 6.97. The van der Waals surface area contributed by atoms with Gasteiger partial charge in [-0.2, -0.15) is 0 Å². The number of hydrogen-bond acceptors (Lipinski definition) is 1. The zero-order valence-corrected chi connectivity index (χ0v) is 12.0. The molecule has 0 bridgehead atoms. The number of urea groups is 1. The lowest BCUT2D eigenvalue weighted by Crippen LogP contribution is -2.34. The Kier molecular flexibility index (Phi) is 4.77. The molecular weight excluding hydrogens is 248 g/mol. The molecule has 0 aromatic heterocycles. The Morgan fingerprint density at radius 1 is 1.00 bits per heavy atom. The summed E-state index contributed by atoms with van der Waals surface area (Å²) in [6.45, 7) is 4.71. The van der Waals surface area contributed by atoms with Gasteiger partial charge in [0.2, 0.25) is 0 Å². The van der Waals surface area contributed by atoms with E-state index in [2.05, 4.69) is 12.2 Å². The van der Waals surface area contributed by atoms with Crippen LogP contribution < -0.4 is 10.2 Å². The molecule has 2 aromatic rings. The zero-order valence-electron chi connectivity index (χ0n) is 12.0. The summed E-state index contributed by atoms with van der Waals surface area (Å²) in [6.07, 6.45) is 0.999. The fourth-order valence-electron chi connectivity index (χ4n) is 2.07. The maximum Gasteiger partial charge on any atom is 0.326 e. The molecule has 0 heterocycles. The van der Waals surface area contributed by atoms with Crippen LogP contribution in [-0.2, 0) is 6.42 Å². The van der Waals surface area contributed by atoms with Crippen LogP contribution in [-0.4, -0.2) is 12.6 Å². The van der Waals surface area contributed by atoms with Gasteiger partial charge in [-0.1, -0.05) is 37.3 Å². The van der Waals surface area contributed by atoms with Crippen molar-refractivity contribution in [1.29, 1.82) is 0 Å². The predicted molar refractivity (Wildman–Crippen MR) is 84.3 cm³/mol. The number of carbonyl (C=O) groups is 1. The average Bonchev–Trinajstić information content (AvgIpc) is 2.50. The van der Waals surface area contributed by atoms with Gasteiger partial charge >= 0.3 is 6.03 Å². The van der Waals surface area contributed by atoms with E-state index in [-0.39, 0.29) is 6.03 Å². The first-order valence-corrected chi connectivity index (χ1v) is 6.97. The molecule has 0 fully saturated rings. The van der Waals surface area contributed by atoms with Crippen molar-refractivity contribution >= 4 is 17.4 Å². The third kappa shape index (κ3) is 3.38. The third-order valence-corrected chi connectivity index (χ3v) is 3.24. The summed E-state index contributed by atoms with van der Waals surface area (Å²) < 4.78 is 0. The van der Waals surface area contributed by atoms with Gasteiger partial charge in [-0.25, -0.2) is 4.79 Å². The Bertz CT molecular complexity index is 549. The van der Waals surface area contributed by atoms with E-state index in [1.807, 2.05) is 61.5 Å². The van der Waals surface area contributed by atoms with Gasteiger partial charge in [0.25, 0.3) is 0 Å². The topological polar surface area (TPSA) is 32.3 Å². The number of amides is 2. The zero-order chi connectivity index (χ0) is 14.4. The van der Waals surface area contributed by atoms with Crippen molar-refractivity contribution < 1.29 is 4.79 Å². The van der Waals surface area contributed by atoms with Crippen LogP contribution in [0.3, 0.4) is 0 Å². The molecule has 0 aliphatic heterocycles. The first-order chi connectivity index (χ1) is 9.74. The van der Waals surface area contributed by atoms with Crippen LogP contribution in [0, 0.1) is 0 Å². The monoisotopic (exact) mass is 268 g/mol. The second kappa shape index (κ2) is 6.75. The molecule has 0 spiro atoms. The molecule has 0 atom stereocenters. The Morgan fingerprint density at radius 3 is 2.20 bits per heavy atom. The van der Waals surface area contributed by atoms with E-state index in [1.54, 1.807) is 4.90 Å². The summed E-state index contributed by atoms with van der Waals surface area (Å²) in [5.74, 6) is 0. The minimum atomic E-state index is -0.108. The van der Waals surface area contributed by atoms with Crippen molar-refractivity contribution in [2.24, 2.45) is 0 Å². The number of para-hydroxylation sites is 1. The summed E-state index contributed by atoms with van der Waals surface area (Å²) >= 11 is 0. The van der Waals surface area contributed by atoms with Crippen LogP contribution in [0.5, 0.6) is 0 Å². The maximum absolute atomic E-state index is 12.3. The predicted octanol–water partition coefficient (Wildman–Crippen LogP) is 4.31. The molecule has 104 valence electrons. The molecule has 20 heavy (non-hydrogen) atoms. The minimum absolute atomic E-state index is 0.108. The van der Waals surface area contributed by atoms with E-state index in [1.165, 1.54) is 5.56 Å². The van der Waals surface area contributed by atoms with Crippen molar-refractivity contribution in [2.45, 2.75) is 20.3 Å². The number of nitrogens with zero attached hydrogens (tertiary/aromatic N) is 1. The molecular formula is C17H20N2O. The van der Waals surface area contributed by atoms with Crippen LogP contribution in [0.15, 0.2) is 54.6 Å². The molecule has 1 N–H and O–H groups in total. The highest BCUT2D eigenvalue weighted by Gasteiger charge is 2.13. The molecule has 0 aliphatic rings. The molecule has 3 nitrogen and oxygen atoms in total. The molecule has 2 amide bonds. The summed E-state index contributed by atoms with van der Waals surface area (Å²) in [5.41, 5.74) is 2.98. The van der Waals surface area contributed by atoms with Crippen LogP contribution in [0.2, 0.25) is 0 Å². The van der Waals surface area contributed by atoms with Gasteiger partial charge in [-0.3, -0.25) is 4.90 Å². The molecule has 2 aromatic carbocycles. The summed E-state index contributed by atoms with van der Waals surface area (Å²) in [4.78, 5) is 14.0. The number of aryl methyl sites for hydroxylation is 1. The second-order valence-corrected chi connectivity index (χ2v) is 4.56. The fraction of sp³-hybridized carbons (Fsp3) is 0.235. The number of carbonyl (C=O) groups excluding carboxylic acids is 1. The van der Waals surface area contributed by atoms with Crippen molar-refractivity contribution in [3.05, 3.63) is 60.2 Å². The van der Waals surface area contributed by atoms with Crippen molar-refractivity contribution in [1.82, 2.24) is 0 Å². The molecule has 2 rings (SSSR count). The van der Waals surface area contributed by atoms with Gasteiger partial charge in [0.1, 0.15) is 0 Å². The highest BCUT2D eigenvalue weighted by atomic mass is 16.2. The highest BCUT2D eigenvalue weighted by molar-refractivity contribution is 6.01. The minimum Gasteiger partial charge on any atom is -0.308 e. The molecule has 0 unspecified atom stereocenters. The molecule has 0 radical (unpaired) electrons. The van der Waals surface area contributed by atoms with Crippen LogP contribution in [0.4, 0.5) is 16.2 Å². The number of rotatable bonds is 4. The number of benzene rings is 2. The van der Waals surface area contributed by atoms with Crippen LogP contribution >= 0.6 is 0 Å². The van der Waals surface area contributed by atoms with Crippen LogP contribution in [0.25, 0.3) is 0 Å². The smallest absolute Gasteiger partial charge is 0.308 e. The van der Waals surface area contributed by atoms with E-state index in [9.17, 15) is 4.79 Å². The fourth-order valence-corrected chi connectivity index (χ4v) is 2.07. The molecule has 0 saturated heterocycles.